The van der Waals surface area contributed by atoms with E-state index in [9.17, 15) is 4.79 Å². The van der Waals surface area contributed by atoms with Crippen LogP contribution in [0.3, 0.4) is 0 Å². The molecule has 0 amide bonds. The van der Waals surface area contributed by atoms with Crippen LogP contribution in [0.2, 0.25) is 0 Å². The Hall–Kier alpha value is -2.30. The number of aromatic nitrogens is 2. The van der Waals surface area contributed by atoms with Gasteiger partial charge in [-0.25, -0.2) is 9.13 Å². The summed E-state index contributed by atoms with van der Waals surface area (Å²) in [4.78, 5) is 12.3. The standard InChI is InChI=1S/C14H17N2O3/c1-15-6-7-16(10-15)9-13(17)12-5-4-11(18-2)8-14(12)19-3/h4-8,10H,9H2,1-3H3/q+1. The zero-order chi connectivity index (χ0) is 13.8. The molecule has 0 aliphatic rings. The van der Waals surface area contributed by atoms with E-state index in [1.807, 2.05) is 34.9 Å². The summed E-state index contributed by atoms with van der Waals surface area (Å²) in [6.45, 7) is 0.281. The summed E-state index contributed by atoms with van der Waals surface area (Å²) in [5.74, 6) is 1.19. The van der Waals surface area contributed by atoms with Gasteiger partial charge in [-0.05, 0) is 12.1 Å². The van der Waals surface area contributed by atoms with Crippen LogP contribution in [-0.2, 0) is 13.6 Å². The van der Waals surface area contributed by atoms with Gasteiger partial charge in [-0.15, -0.1) is 0 Å². The molecule has 100 valence electrons. The van der Waals surface area contributed by atoms with E-state index in [1.54, 1.807) is 32.4 Å². The zero-order valence-electron chi connectivity index (χ0n) is 11.3. The summed E-state index contributed by atoms with van der Waals surface area (Å²) in [5.41, 5.74) is 0.555. The fraction of sp³-hybridized carbons (Fsp3) is 0.286. The predicted octanol–water partition coefficient (Wildman–Crippen LogP) is 1.21. The molecule has 0 radical (unpaired) electrons. The molecule has 0 N–H and O–H groups in total. The molecule has 0 saturated heterocycles. The van der Waals surface area contributed by atoms with Crippen LogP contribution >= 0.6 is 0 Å². The van der Waals surface area contributed by atoms with Crippen LogP contribution in [0.15, 0.2) is 36.9 Å². The Morgan fingerprint density at radius 2 is 2.11 bits per heavy atom. The number of benzene rings is 1. The van der Waals surface area contributed by atoms with Gasteiger partial charge in [0.1, 0.15) is 23.9 Å². The van der Waals surface area contributed by atoms with Gasteiger partial charge < -0.3 is 9.47 Å². The number of ether oxygens (including phenoxy) is 2. The normalized spacial score (nSPS) is 10.3. The first-order valence-electron chi connectivity index (χ1n) is 5.90. The summed E-state index contributed by atoms with van der Waals surface area (Å²) in [7, 11) is 5.03. The van der Waals surface area contributed by atoms with E-state index in [2.05, 4.69) is 0 Å². The maximum Gasteiger partial charge on any atom is 0.243 e. The molecule has 0 aliphatic heterocycles. The Bertz CT molecular complexity index is 590. The summed E-state index contributed by atoms with van der Waals surface area (Å²) in [6.07, 6.45) is 5.60. The van der Waals surface area contributed by atoms with Crippen LogP contribution in [0.4, 0.5) is 0 Å². The average molecular weight is 261 g/mol. The average Bonchev–Trinajstić information content (AvgIpc) is 2.83. The quantitative estimate of drug-likeness (QED) is 0.600. The second-order valence-corrected chi connectivity index (χ2v) is 4.24. The third-order valence-corrected chi connectivity index (χ3v) is 2.86. The lowest BCUT2D eigenvalue weighted by atomic mass is 10.1. The van der Waals surface area contributed by atoms with Crippen LogP contribution in [0.1, 0.15) is 10.4 Å². The molecule has 2 rings (SSSR count). The number of imidazole rings is 1. The van der Waals surface area contributed by atoms with Crippen molar-refractivity contribution in [2.75, 3.05) is 14.2 Å². The van der Waals surface area contributed by atoms with Crippen molar-refractivity contribution in [3.8, 4) is 11.5 Å². The molecule has 2 aromatic rings. The van der Waals surface area contributed by atoms with Crippen LogP contribution in [0.5, 0.6) is 11.5 Å². The molecule has 5 nitrogen and oxygen atoms in total. The van der Waals surface area contributed by atoms with Gasteiger partial charge in [0.2, 0.25) is 12.1 Å². The first-order valence-corrected chi connectivity index (χ1v) is 5.90. The lowest BCUT2D eigenvalue weighted by molar-refractivity contribution is -0.671. The number of carbonyl (C=O) groups is 1. The van der Waals surface area contributed by atoms with Crippen LogP contribution in [-0.4, -0.2) is 24.6 Å². The van der Waals surface area contributed by atoms with Crippen molar-refractivity contribution in [2.24, 2.45) is 7.05 Å². The number of aryl methyl sites for hydroxylation is 1. The number of hydrogen-bond donors (Lipinski definition) is 0. The van der Waals surface area contributed by atoms with Gasteiger partial charge in [-0.1, -0.05) is 0 Å². The lowest BCUT2D eigenvalue weighted by Crippen LogP contribution is -2.24. The summed E-state index contributed by atoms with van der Waals surface area (Å²) in [5, 5.41) is 0. The highest BCUT2D eigenvalue weighted by atomic mass is 16.5. The number of Topliss-reactive ketones (excluding diaryl/α,β-unsaturated/α-hetero) is 1. The molecule has 1 aromatic carbocycles. The molecule has 19 heavy (non-hydrogen) atoms. The van der Waals surface area contributed by atoms with Crippen molar-refractivity contribution in [2.45, 2.75) is 6.54 Å². The maximum absolute atomic E-state index is 12.3. The van der Waals surface area contributed by atoms with Crippen LogP contribution in [0, 0.1) is 0 Å². The van der Waals surface area contributed by atoms with Crippen molar-refractivity contribution < 1.29 is 18.8 Å². The number of hydrogen-bond acceptors (Lipinski definition) is 3. The van der Waals surface area contributed by atoms with Gasteiger partial charge in [0.15, 0.2) is 6.54 Å². The number of carbonyl (C=O) groups excluding carboxylic acids is 1. The minimum absolute atomic E-state index is 0.00398. The summed E-state index contributed by atoms with van der Waals surface area (Å²) in [6, 6.07) is 5.19. The molecule has 1 aromatic heterocycles. The van der Waals surface area contributed by atoms with Crippen molar-refractivity contribution in [3.05, 3.63) is 42.5 Å². The van der Waals surface area contributed by atoms with Gasteiger partial charge in [0, 0.05) is 6.07 Å². The van der Waals surface area contributed by atoms with Crippen molar-refractivity contribution in [1.82, 2.24) is 4.57 Å². The third-order valence-electron chi connectivity index (χ3n) is 2.86. The SMILES string of the molecule is COc1ccc(C(=O)Cn2cc[n+](C)c2)c(OC)c1. The van der Waals surface area contributed by atoms with Crippen molar-refractivity contribution in [3.63, 3.8) is 0 Å². The first kappa shape index (κ1) is 13.1. The number of methoxy groups -OCH3 is 2. The third kappa shape index (κ3) is 2.93. The van der Waals surface area contributed by atoms with Gasteiger partial charge in [0.25, 0.3) is 0 Å². The van der Waals surface area contributed by atoms with Gasteiger partial charge in [-0.3, -0.25) is 4.79 Å². The van der Waals surface area contributed by atoms with E-state index in [0.717, 1.165) is 0 Å². The Labute approximate surface area is 112 Å². The van der Waals surface area contributed by atoms with Gasteiger partial charge in [0.05, 0.1) is 26.8 Å². The van der Waals surface area contributed by atoms with Gasteiger partial charge >= 0.3 is 0 Å². The topological polar surface area (TPSA) is 44.3 Å². The molecule has 0 bridgehead atoms. The van der Waals surface area contributed by atoms with Crippen molar-refractivity contribution >= 4 is 5.78 Å². The van der Waals surface area contributed by atoms with Crippen molar-refractivity contribution in [1.29, 1.82) is 0 Å². The second-order valence-electron chi connectivity index (χ2n) is 4.24. The highest BCUT2D eigenvalue weighted by Crippen LogP contribution is 2.25. The smallest absolute Gasteiger partial charge is 0.243 e. The predicted molar refractivity (Wildman–Crippen MR) is 69.5 cm³/mol. The van der Waals surface area contributed by atoms with E-state index in [4.69, 9.17) is 9.47 Å². The van der Waals surface area contributed by atoms with E-state index in [-0.39, 0.29) is 12.3 Å². The molecule has 0 spiro atoms. The fourth-order valence-corrected chi connectivity index (χ4v) is 1.88. The molecule has 5 heteroatoms. The molecular weight excluding hydrogens is 244 g/mol. The first-order chi connectivity index (χ1) is 9.13. The molecule has 0 unspecified atom stereocenters. The van der Waals surface area contributed by atoms with Crippen LogP contribution < -0.4 is 14.0 Å². The van der Waals surface area contributed by atoms with Crippen LogP contribution in [0.25, 0.3) is 0 Å². The largest absolute Gasteiger partial charge is 0.497 e. The molecule has 0 atom stereocenters. The Kier molecular flexibility index (Phi) is 3.85. The van der Waals surface area contributed by atoms with Gasteiger partial charge in [-0.2, -0.15) is 0 Å². The van der Waals surface area contributed by atoms with E-state index >= 15 is 0 Å². The lowest BCUT2D eigenvalue weighted by Gasteiger charge is -2.08. The maximum atomic E-state index is 12.3. The molecule has 0 fully saturated rings. The van der Waals surface area contributed by atoms with E-state index in [0.29, 0.717) is 17.1 Å². The zero-order valence-corrected chi connectivity index (χ0v) is 11.3. The minimum Gasteiger partial charge on any atom is -0.497 e. The minimum atomic E-state index is -0.00398. The molecule has 0 saturated carbocycles. The molecular formula is C14H17N2O3+. The summed E-state index contributed by atoms with van der Waals surface area (Å²) >= 11 is 0. The second kappa shape index (κ2) is 5.56. The number of rotatable bonds is 5. The highest BCUT2D eigenvalue weighted by molar-refractivity contribution is 5.98. The molecule has 0 aliphatic carbocycles. The number of nitrogens with zero attached hydrogens (tertiary/aromatic N) is 2. The monoisotopic (exact) mass is 261 g/mol. The summed E-state index contributed by atoms with van der Waals surface area (Å²) < 4.78 is 14.1. The Morgan fingerprint density at radius 3 is 2.68 bits per heavy atom. The number of ketones is 1. The van der Waals surface area contributed by atoms with E-state index < -0.39 is 0 Å². The van der Waals surface area contributed by atoms with E-state index in [1.165, 1.54) is 0 Å². The highest BCUT2D eigenvalue weighted by Gasteiger charge is 2.16. The fourth-order valence-electron chi connectivity index (χ4n) is 1.88. The Balaban J connectivity index is 2.23. The Morgan fingerprint density at radius 1 is 1.32 bits per heavy atom. The molecule has 1 heterocycles.